The number of rotatable bonds is 7. The summed E-state index contributed by atoms with van der Waals surface area (Å²) in [5.41, 5.74) is 0.349. The molecule has 1 aromatic carbocycles. The molecule has 1 aromatic rings. The minimum atomic E-state index is -3.73. The molecule has 0 amide bonds. The van der Waals surface area contributed by atoms with Gasteiger partial charge in [0.25, 0.3) is 0 Å². The lowest BCUT2D eigenvalue weighted by atomic mass is 10.2. The smallest absolute Gasteiger partial charge is 0.335 e. The molecule has 0 heterocycles. The van der Waals surface area contributed by atoms with E-state index in [1.54, 1.807) is 6.92 Å². The molecule has 1 rings (SSSR count). The number of carbonyl (C=O) groups is 1. The number of hydrogen-bond donors (Lipinski definition) is 3. The van der Waals surface area contributed by atoms with Crippen molar-refractivity contribution in [1.82, 2.24) is 4.72 Å². The Morgan fingerprint density at radius 1 is 1.35 bits per heavy atom. The predicted molar refractivity (Wildman–Crippen MR) is 77.6 cm³/mol. The molecule has 0 aliphatic carbocycles. The van der Waals surface area contributed by atoms with Gasteiger partial charge in [0.05, 0.1) is 11.3 Å². The van der Waals surface area contributed by atoms with Crippen LogP contribution in [-0.4, -0.2) is 32.1 Å². The minimum absolute atomic E-state index is 0.0421. The van der Waals surface area contributed by atoms with Crippen LogP contribution in [0.15, 0.2) is 23.1 Å². The Bertz CT molecular complexity index is 584. The predicted octanol–water partition coefficient (Wildman–Crippen LogP) is 1.89. The van der Waals surface area contributed by atoms with E-state index in [0.717, 1.165) is 6.42 Å². The third-order valence-electron chi connectivity index (χ3n) is 2.87. The quantitative estimate of drug-likeness (QED) is 0.714. The number of carboxylic acids is 1. The van der Waals surface area contributed by atoms with E-state index < -0.39 is 16.0 Å². The maximum absolute atomic E-state index is 12.2. The summed E-state index contributed by atoms with van der Waals surface area (Å²) < 4.78 is 26.7. The molecule has 0 fully saturated rings. The fourth-order valence-corrected chi connectivity index (χ4v) is 2.87. The average Bonchev–Trinajstić information content (AvgIpc) is 2.38. The molecule has 0 aliphatic heterocycles. The first-order valence-electron chi connectivity index (χ1n) is 6.45. The SMILES string of the molecule is CCNS(=O)(=O)c1cc(C(=O)O)ccc1NC(C)CC. The van der Waals surface area contributed by atoms with Crippen LogP contribution in [0.1, 0.15) is 37.6 Å². The van der Waals surface area contributed by atoms with Gasteiger partial charge in [-0.15, -0.1) is 0 Å². The van der Waals surface area contributed by atoms with Crippen molar-refractivity contribution in [2.24, 2.45) is 0 Å². The highest BCUT2D eigenvalue weighted by Gasteiger charge is 2.20. The Morgan fingerprint density at radius 2 is 2.00 bits per heavy atom. The van der Waals surface area contributed by atoms with Crippen molar-refractivity contribution in [2.45, 2.75) is 38.1 Å². The number of nitrogens with one attached hydrogen (secondary N) is 2. The van der Waals surface area contributed by atoms with Crippen molar-refractivity contribution in [2.75, 3.05) is 11.9 Å². The summed E-state index contributed by atoms with van der Waals surface area (Å²) in [6.45, 7) is 5.80. The van der Waals surface area contributed by atoms with Crippen LogP contribution in [0.2, 0.25) is 0 Å². The van der Waals surface area contributed by atoms with Crippen LogP contribution < -0.4 is 10.0 Å². The molecule has 0 radical (unpaired) electrons. The van der Waals surface area contributed by atoms with Crippen molar-refractivity contribution in [1.29, 1.82) is 0 Å². The van der Waals surface area contributed by atoms with E-state index in [1.807, 2.05) is 13.8 Å². The molecular formula is C13H20N2O4S. The van der Waals surface area contributed by atoms with Crippen molar-refractivity contribution in [3.8, 4) is 0 Å². The highest BCUT2D eigenvalue weighted by Crippen LogP contribution is 2.24. The first-order chi connectivity index (χ1) is 9.31. The highest BCUT2D eigenvalue weighted by atomic mass is 32.2. The molecule has 0 saturated carbocycles. The van der Waals surface area contributed by atoms with Crippen molar-refractivity contribution in [3.05, 3.63) is 23.8 Å². The van der Waals surface area contributed by atoms with Gasteiger partial charge in [-0.3, -0.25) is 0 Å². The molecule has 7 heteroatoms. The van der Waals surface area contributed by atoms with Gasteiger partial charge in [0.2, 0.25) is 10.0 Å². The molecule has 1 atom stereocenters. The molecule has 0 aromatic heterocycles. The monoisotopic (exact) mass is 300 g/mol. The second-order valence-electron chi connectivity index (χ2n) is 4.47. The van der Waals surface area contributed by atoms with Crippen molar-refractivity contribution in [3.63, 3.8) is 0 Å². The van der Waals surface area contributed by atoms with Gasteiger partial charge in [0.15, 0.2) is 0 Å². The molecule has 6 nitrogen and oxygen atoms in total. The summed E-state index contributed by atoms with van der Waals surface area (Å²) in [7, 11) is -3.73. The van der Waals surface area contributed by atoms with Gasteiger partial charge < -0.3 is 10.4 Å². The number of aromatic carboxylic acids is 1. The maximum Gasteiger partial charge on any atom is 0.335 e. The molecular weight excluding hydrogens is 280 g/mol. The number of anilines is 1. The van der Waals surface area contributed by atoms with Crippen molar-refractivity contribution >= 4 is 21.7 Å². The molecule has 0 spiro atoms. The highest BCUT2D eigenvalue weighted by molar-refractivity contribution is 7.89. The zero-order chi connectivity index (χ0) is 15.3. The lowest BCUT2D eigenvalue weighted by Gasteiger charge is -2.17. The maximum atomic E-state index is 12.2. The van der Waals surface area contributed by atoms with Crippen LogP contribution in [-0.2, 0) is 10.0 Å². The molecule has 3 N–H and O–H groups in total. The van der Waals surface area contributed by atoms with E-state index in [1.165, 1.54) is 18.2 Å². The third-order valence-corrected chi connectivity index (χ3v) is 4.45. The van der Waals surface area contributed by atoms with E-state index in [-0.39, 0.29) is 23.0 Å². The minimum Gasteiger partial charge on any atom is -0.478 e. The molecule has 112 valence electrons. The summed E-state index contributed by atoms with van der Waals surface area (Å²) in [5.74, 6) is -1.16. The lowest BCUT2D eigenvalue weighted by Crippen LogP contribution is -2.25. The van der Waals surface area contributed by atoms with E-state index in [0.29, 0.717) is 5.69 Å². The Balaban J connectivity index is 3.34. The van der Waals surface area contributed by atoms with E-state index in [2.05, 4.69) is 10.0 Å². The van der Waals surface area contributed by atoms with Gasteiger partial charge in [0, 0.05) is 12.6 Å². The van der Waals surface area contributed by atoms with Gasteiger partial charge in [-0.05, 0) is 31.5 Å². The van der Waals surface area contributed by atoms with Crippen LogP contribution in [0.4, 0.5) is 5.69 Å². The summed E-state index contributed by atoms with van der Waals surface area (Å²) in [6.07, 6.45) is 0.821. The van der Waals surface area contributed by atoms with Gasteiger partial charge in [-0.1, -0.05) is 13.8 Å². The molecule has 20 heavy (non-hydrogen) atoms. The van der Waals surface area contributed by atoms with E-state index in [9.17, 15) is 13.2 Å². The van der Waals surface area contributed by atoms with E-state index >= 15 is 0 Å². The second kappa shape index (κ2) is 6.71. The fraction of sp³-hybridized carbons (Fsp3) is 0.462. The zero-order valence-corrected chi connectivity index (χ0v) is 12.6. The Kier molecular flexibility index (Phi) is 5.52. The van der Waals surface area contributed by atoms with Gasteiger partial charge >= 0.3 is 5.97 Å². The second-order valence-corrected chi connectivity index (χ2v) is 6.21. The lowest BCUT2D eigenvalue weighted by molar-refractivity contribution is 0.0696. The molecule has 0 aliphatic rings. The van der Waals surface area contributed by atoms with Crippen LogP contribution in [0.3, 0.4) is 0 Å². The number of carboxylic acid groups (broad SMARTS) is 1. The molecule has 1 unspecified atom stereocenters. The topological polar surface area (TPSA) is 95.5 Å². The summed E-state index contributed by atoms with van der Waals surface area (Å²) >= 11 is 0. The first kappa shape index (κ1) is 16.5. The standard InChI is InChI=1S/C13H20N2O4S/c1-4-9(3)15-11-7-6-10(13(16)17)8-12(11)20(18,19)14-5-2/h6-9,14-15H,4-5H2,1-3H3,(H,16,17). The van der Waals surface area contributed by atoms with Crippen LogP contribution >= 0.6 is 0 Å². The van der Waals surface area contributed by atoms with Gasteiger partial charge in [-0.2, -0.15) is 0 Å². The third kappa shape index (κ3) is 3.94. The zero-order valence-electron chi connectivity index (χ0n) is 11.8. The fourth-order valence-electron chi connectivity index (χ4n) is 1.63. The number of hydrogen-bond acceptors (Lipinski definition) is 4. The summed E-state index contributed by atoms with van der Waals surface area (Å²) in [4.78, 5) is 10.9. The molecule has 0 saturated heterocycles. The summed E-state index contributed by atoms with van der Waals surface area (Å²) in [5, 5.41) is 12.1. The Hall–Kier alpha value is -1.60. The normalized spacial score (nSPS) is 12.9. The van der Waals surface area contributed by atoms with E-state index in [4.69, 9.17) is 5.11 Å². The van der Waals surface area contributed by atoms with Crippen LogP contribution in [0, 0.1) is 0 Å². The van der Waals surface area contributed by atoms with Gasteiger partial charge in [-0.25, -0.2) is 17.9 Å². The van der Waals surface area contributed by atoms with Crippen LogP contribution in [0.25, 0.3) is 0 Å². The number of sulfonamides is 1. The Labute approximate surface area is 119 Å². The first-order valence-corrected chi connectivity index (χ1v) is 7.93. The number of benzene rings is 1. The summed E-state index contributed by atoms with van der Waals surface area (Å²) in [6, 6.07) is 4.13. The Morgan fingerprint density at radius 3 is 2.50 bits per heavy atom. The van der Waals surface area contributed by atoms with Gasteiger partial charge in [0.1, 0.15) is 4.90 Å². The largest absolute Gasteiger partial charge is 0.478 e. The van der Waals surface area contributed by atoms with Crippen LogP contribution in [0.5, 0.6) is 0 Å². The average molecular weight is 300 g/mol. The van der Waals surface area contributed by atoms with Crippen molar-refractivity contribution < 1.29 is 18.3 Å². The molecule has 0 bridgehead atoms.